The number of hydrogen-bond acceptors (Lipinski definition) is 3. The zero-order chi connectivity index (χ0) is 12.6. The monoisotopic (exact) mass is 317 g/mol. The Hall–Kier alpha value is -0.920. The maximum absolute atomic E-state index is 11.1. The Balaban J connectivity index is 2.45. The van der Waals surface area contributed by atoms with Gasteiger partial charge in [-0.25, -0.2) is 18.1 Å². The summed E-state index contributed by atoms with van der Waals surface area (Å²) in [7, 11) is -3.20. The molecule has 0 fully saturated rings. The molecule has 0 bridgehead atoms. The van der Waals surface area contributed by atoms with E-state index in [1.165, 1.54) is 0 Å². The number of sulfonamides is 1. The highest BCUT2D eigenvalue weighted by Crippen LogP contribution is 2.18. The van der Waals surface area contributed by atoms with Gasteiger partial charge in [0.25, 0.3) is 0 Å². The average Bonchev–Trinajstić information content (AvgIpc) is 2.53. The second-order valence-corrected chi connectivity index (χ2v) is 6.64. The van der Waals surface area contributed by atoms with Crippen molar-refractivity contribution in [3.63, 3.8) is 0 Å². The van der Waals surface area contributed by atoms with Crippen molar-refractivity contribution < 1.29 is 8.42 Å². The Bertz CT molecular complexity index is 663. The van der Waals surface area contributed by atoms with Crippen molar-refractivity contribution in [2.24, 2.45) is 0 Å². The molecule has 0 spiro atoms. The van der Waals surface area contributed by atoms with Crippen LogP contribution < -0.4 is 4.72 Å². The molecule has 5 nitrogen and oxygen atoms in total. The molecule has 0 aliphatic carbocycles. The highest BCUT2D eigenvalue weighted by Gasteiger charge is 2.08. The van der Waals surface area contributed by atoms with Crippen molar-refractivity contribution in [3.05, 3.63) is 34.2 Å². The average molecular weight is 318 g/mol. The second-order valence-electron chi connectivity index (χ2n) is 3.89. The minimum absolute atomic E-state index is 0.234. The van der Waals surface area contributed by atoms with Gasteiger partial charge in [-0.05, 0) is 28.9 Å². The van der Waals surface area contributed by atoms with Crippen LogP contribution >= 0.6 is 15.9 Å². The second kappa shape index (κ2) is 4.40. The smallest absolute Gasteiger partial charge is 0.209 e. The van der Waals surface area contributed by atoms with E-state index < -0.39 is 10.0 Å². The predicted molar refractivity (Wildman–Crippen MR) is 69.3 cm³/mol. The minimum Gasteiger partial charge on any atom is -0.305 e. The van der Waals surface area contributed by atoms with Crippen LogP contribution in [0.2, 0.25) is 0 Å². The number of aryl methyl sites for hydroxylation is 1. The molecule has 1 N–H and O–H groups in total. The lowest BCUT2D eigenvalue weighted by Gasteiger charge is -2.05. The topological polar surface area (TPSA) is 63.5 Å². The van der Waals surface area contributed by atoms with E-state index in [0.717, 1.165) is 27.6 Å². The van der Waals surface area contributed by atoms with Gasteiger partial charge in [-0.3, -0.25) is 0 Å². The van der Waals surface area contributed by atoms with Gasteiger partial charge in [0.1, 0.15) is 5.65 Å². The van der Waals surface area contributed by atoms with E-state index in [-0.39, 0.29) is 6.54 Å². The Labute approximate surface area is 108 Å². The van der Waals surface area contributed by atoms with Gasteiger partial charge in [0.2, 0.25) is 10.0 Å². The van der Waals surface area contributed by atoms with Crippen LogP contribution in [0.1, 0.15) is 11.3 Å². The summed E-state index contributed by atoms with van der Waals surface area (Å²) in [6.45, 7) is 2.13. The van der Waals surface area contributed by atoms with Crippen LogP contribution in [0.25, 0.3) is 5.65 Å². The molecule has 2 aromatic rings. The maximum Gasteiger partial charge on any atom is 0.209 e. The summed E-state index contributed by atoms with van der Waals surface area (Å²) in [6, 6.07) is 1.86. The normalized spacial score (nSPS) is 12.2. The van der Waals surface area contributed by atoms with Gasteiger partial charge >= 0.3 is 0 Å². The number of halogens is 1. The Morgan fingerprint density at radius 2 is 2.18 bits per heavy atom. The van der Waals surface area contributed by atoms with Crippen LogP contribution in [0.3, 0.4) is 0 Å². The van der Waals surface area contributed by atoms with Crippen molar-refractivity contribution in [2.45, 2.75) is 13.5 Å². The van der Waals surface area contributed by atoms with Gasteiger partial charge < -0.3 is 4.40 Å². The van der Waals surface area contributed by atoms with Gasteiger partial charge in [-0.1, -0.05) is 0 Å². The lowest BCUT2D eigenvalue weighted by Crippen LogP contribution is -2.21. The summed E-state index contributed by atoms with van der Waals surface area (Å²) in [5.41, 5.74) is 2.49. The minimum atomic E-state index is -3.20. The summed E-state index contributed by atoms with van der Waals surface area (Å²) < 4.78 is 27.4. The number of hydrogen-bond donors (Lipinski definition) is 1. The van der Waals surface area contributed by atoms with Gasteiger partial charge in [0, 0.05) is 29.0 Å². The zero-order valence-corrected chi connectivity index (χ0v) is 11.8. The van der Waals surface area contributed by atoms with Crippen molar-refractivity contribution >= 4 is 31.6 Å². The van der Waals surface area contributed by atoms with Gasteiger partial charge in [-0.15, -0.1) is 0 Å². The molecular weight excluding hydrogens is 306 g/mol. The standard InChI is InChI=1S/C10H12BrN3O2S/c1-7-5-14-6-9(11)3-8(10(14)13-7)4-12-17(2,15)16/h3,5-6,12H,4H2,1-2H3. The van der Waals surface area contributed by atoms with E-state index in [0.29, 0.717) is 0 Å². The van der Waals surface area contributed by atoms with Crippen LogP contribution in [0, 0.1) is 6.92 Å². The summed E-state index contributed by atoms with van der Waals surface area (Å²) in [5.74, 6) is 0. The highest BCUT2D eigenvalue weighted by molar-refractivity contribution is 9.10. The largest absolute Gasteiger partial charge is 0.305 e. The van der Waals surface area contributed by atoms with Crippen LogP contribution in [-0.2, 0) is 16.6 Å². The molecule has 0 saturated heterocycles. The molecule has 0 aliphatic rings. The summed E-state index contributed by atoms with van der Waals surface area (Å²) in [5, 5.41) is 0. The van der Waals surface area contributed by atoms with Crippen molar-refractivity contribution in [1.82, 2.24) is 14.1 Å². The van der Waals surface area contributed by atoms with Crippen molar-refractivity contribution in [3.8, 4) is 0 Å². The Morgan fingerprint density at radius 3 is 2.82 bits per heavy atom. The first-order valence-electron chi connectivity index (χ1n) is 4.93. The van der Waals surface area contributed by atoms with Crippen LogP contribution in [0.4, 0.5) is 0 Å². The highest BCUT2D eigenvalue weighted by atomic mass is 79.9. The van der Waals surface area contributed by atoms with E-state index in [4.69, 9.17) is 0 Å². The van der Waals surface area contributed by atoms with Gasteiger partial charge in [0.05, 0.1) is 11.9 Å². The molecular formula is C10H12BrN3O2S. The Kier molecular flexibility index (Phi) is 3.24. The van der Waals surface area contributed by atoms with Crippen molar-refractivity contribution in [1.29, 1.82) is 0 Å². The van der Waals surface area contributed by atoms with Crippen LogP contribution in [0.15, 0.2) is 22.9 Å². The molecule has 17 heavy (non-hydrogen) atoms. The summed E-state index contributed by atoms with van der Waals surface area (Å²) in [4.78, 5) is 4.36. The fourth-order valence-electron chi connectivity index (χ4n) is 1.59. The number of fused-ring (bicyclic) bond motifs is 1. The Morgan fingerprint density at radius 1 is 1.47 bits per heavy atom. The molecule has 92 valence electrons. The fraction of sp³-hybridized carbons (Fsp3) is 0.300. The van der Waals surface area contributed by atoms with E-state index in [1.807, 2.05) is 29.8 Å². The lowest BCUT2D eigenvalue weighted by molar-refractivity contribution is 0.587. The molecule has 0 saturated carbocycles. The molecule has 0 aliphatic heterocycles. The fourth-order valence-corrected chi connectivity index (χ4v) is 2.51. The first-order chi connectivity index (χ1) is 7.85. The molecule has 0 atom stereocenters. The van der Waals surface area contributed by atoms with Crippen molar-refractivity contribution in [2.75, 3.05) is 6.26 Å². The summed E-state index contributed by atoms with van der Waals surface area (Å²) >= 11 is 3.39. The molecule has 7 heteroatoms. The third-order valence-electron chi connectivity index (χ3n) is 2.24. The molecule has 2 rings (SSSR count). The lowest BCUT2D eigenvalue weighted by atomic mass is 10.3. The third-order valence-corrected chi connectivity index (χ3v) is 3.34. The number of nitrogens with zero attached hydrogens (tertiary/aromatic N) is 2. The van der Waals surface area contributed by atoms with E-state index in [2.05, 4.69) is 25.6 Å². The molecule has 0 unspecified atom stereocenters. The predicted octanol–water partition coefficient (Wildman–Crippen LogP) is 1.45. The molecule has 2 heterocycles. The van der Waals surface area contributed by atoms with E-state index in [1.54, 1.807) is 0 Å². The number of nitrogens with one attached hydrogen (secondary N) is 1. The molecule has 0 radical (unpaired) electrons. The first-order valence-corrected chi connectivity index (χ1v) is 7.62. The van der Waals surface area contributed by atoms with Gasteiger partial charge in [0.15, 0.2) is 0 Å². The quantitative estimate of drug-likeness (QED) is 0.932. The summed E-state index contributed by atoms with van der Waals surface area (Å²) in [6.07, 6.45) is 4.92. The van der Waals surface area contributed by atoms with E-state index in [9.17, 15) is 8.42 Å². The molecule has 0 amide bonds. The van der Waals surface area contributed by atoms with E-state index >= 15 is 0 Å². The number of aromatic nitrogens is 2. The molecule has 2 aromatic heterocycles. The number of pyridine rings is 1. The number of rotatable bonds is 3. The SMILES string of the molecule is Cc1cn2cc(Br)cc(CNS(C)(=O)=O)c2n1. The first kappa shape index (κ1) is 12.5. The third kappa shape index (κ3) is 3.05. The van der Waals surface area contributed by atoms with Gasteiger partial charge in [-0.2, -0.15) is 0 Å². The zero-order valence-electron chi connectivity index (χ0n) is 9.44. The molecule has 0 aromatic carbocycles. The van der Waals surface area contributed by atoms with Crippen LogP contribution in [0.5, 0.6) is 0 Å². The maximum atomic E-state index is 11.1. The van der Waals surface area contributed by atoms with Crippen LogP contribution in [-0.4, -0.2) is 24.1 Å². The number of imidazole rings is 1.